The Bertz CT molecular complexity index is 1110. The minimum Gasteiger partial charge on any atom is -0.377 e. The molecule has 0 amide bonds. The van der Waals surface area contributed by atoms with E-state index in [-0.39, 0.29) is 0 Å². The highest BCUT2D eigenvalue weighted by atomic mass is 16.5. The second-order valence-electron chi connectivity index (χ2n) is 6.15. The number of rotatable bonds is 2. The van der Waals surface area contributed by atoms with Crippen molar-refractivity contribution in [1.82, 2.24) is 19.6 Å². The molecule has 5 nitrogen and oxygen atoms in total. The lowest BCUT2D eigenvalue weighted by Crippen LogP contribution is -2.05. The Hall–Kier alpha value is -3.05. The molecule has 4 aromatic rings. The van der Waals surface area contributed by atoms with E-state index in [1.807, 2.05) is 35.4 Å². The second-order valence-corrected chi connectivity index (χ2v) is 6.15. The molecule has 5 rings (SSSR count). The third-order valence-corrected chi connectivity index (χ3v) is 4.63. The van der Waals surface area contributed by atoms with Crippen LogP contribution in [-0.4, -0.2) is 32.8 Å². The van der Waals surface area contributed by atoms with Gasteiger partial charge in [-0.1, -0.05) is 18.2 Å². The molecule has 0 saturated carbocycles. The third kappa shape index (κ3) is 2.49. The van der Waals surface area contributed by atoms with Crippen LogP contribution in [0.5, 0.6) is 0 Å². The molecule has 1 aliphatic rings. The Morgan fingerprint density at radius 3 is 2.88 bits per heavy atom. The fourth-order valence-corrected chi connectivity index (χ4v) is 3.28. The lowest BCUT2D eigenvalue weighted by molar-refractivity contribution is 0.161. The van der Waals surface area contributed by atoms with E-state index in [1.165, 1.54) is 5.57 Å². The van der Waals surface area contributed by atoms with Gasteiger partial charge in [0.05, 0.1) is 31.3 Å². The maximum absolute atomic E-state index is 5.38. The molecule has 0 radical (unpaired) electrons. The van der Waals surface area contributed by atoms with E-state index in [9.17, 15) is 0 Å². The monoisotopic (exact) mass is 328 g/mol. The van der Waals surface area contributed by atoms with Gasteiger partial charge in [0.15, 0.2) is 5.65 Å². The number of ether oxygens (including phenoxy) is 1. The molecular formula is C20H16N4O. The molecule has 0 unspecified atom stereocenters. The Morgan fingerprint density at radius 1 is 0.960 bits per heavy atom. The number of nitrogens with zero attached hydrogens (tertiary/aromatic N) is 4. The maximum Gasteiger partial charge on any atom is 0.154 e. The largest absolute Gasteiger partial charge is 0.377 e. The summed E-state index contributed by atoms with van der Waals surface area (Å²) in [5.41, 5.74) is 5.34. The van der Waals surface area contributed by atoms with Crippen molar-refractivity contribution in [2.45, 2.75) is 6.42 Å². The first-order valence-corrected chi connectivity index (χ1v) is 8.33. The van der Waals surface area contributed by atoms with Crippen LogP contribution in [0.3, 0.4) is 0 Å². The summed E-state index contributed by atoms with van der Waals surface area (Å²) in [6.07, 6.45) is 10.5. The highest BCUT2D eigenvalue weighted by Gasteiger charge is 2.11. The van der Waals surface area contributed by atoms with Gasteiger partial charge in [0.1, 0.15) is 0 Å². The van der Waals surface area contributed by atoms with Gasteiger partial charge in [0, 0.05) is 28.9 Å². The topological polar surface area (TPSA) is 52.3 Å². The number of pyridine rings is 1. The first-order valence-electron chi connectivity index (χ1n) is 8.33. The van der Waals surface area contributed by atoms with Gasteiger partial charge < -0.3 is 4.74 Å². The molecule has 0 spiro atoms. The van der Waals surface area contributed by atoms with Crippen molar-refractivity contribution in [3.8, 4) is 11.3 Å². The van der Waals surface area contributed by atoms with Crippen molar-refractivity contribution >= 4 is 22.0 Å². The lowest BCUT2D eigenvalue weighted by atomic mass is 10.0. The van der Waals surface area contributed by atoms with E-state index < -0.39 is 0 Å². The van der Waals surface area contributed by atoms with Crippen LogP contribution in [0.15, 0.2) is 61.2 Å². The summed E-state index contributed by atoms with van der Waals surface area (Å²) in [6.45, 7) is 1.44. The van der Waals surface area contributed by atoms with Crippen molar-refractivity contribution in [2.24, 2.45) is 0 Å². The molecule has 0 atom stereocenters. The second kappa shape index (κ2) is 5.79. The molecule has 0 fully saturated rings. The molecule has 0 N–H and O–H groups in total. The molecule has 0 bridgehead atoms. The van der Waals surface area contributed by atoms with E-state index in [1.54, 1.807) is 0 Å². The molecule has 0 aliphatic carbocycles. The molecular weight excluding hydrogens is 312 g/mol. The minimum absolute atomic E-state index is 0.673. The van der Waals surface area contributed by atoms with Crippen molar-refractivity contribution in [2.75, 3.05) is 13.2 Å². The first-order chi connectivity index (χ1) is 12.4. The zero-order valence-electron chi connectivity index (χ0n) is 13.6. The van der Waals surface area contributed by atoms with Crippen LogP contribution in [0.25, 0.3) is 33.3 Å². The van der Waals surface area contributed by atoms with E-state index in [0.29, 0.717) is 6.61 Å². The molecule has 4 heterocycles. The summed E-state index contributed by atoms with van der Waals surface area (Å²) >= 11 is 0. The Balaban J connectivity index is 1.60. The van der Waals surface area contributed by atoms with Gasteiger partial charge in [0.2, 0.25) is 0 Å². The van der Waals surface area contributed by atoms with Crippen molar-refractivity contribution in [3.63, 3.8) is 0 Å². The van der Waals surface area contributed by atoms with Crippen LogP contribution in [0.4, 0.5) is 0 Å². The number of imidazole rings is 1. The Labute approximate surface area is 144 Å². The summed E-state index contributed by atoms with van der Waals surface area (Å²) < 4.78 is 7.28. The van der Waals surface area contributed by atoms with Crippen molar-refractivity contribution in [3.05, 3.63) is 66.8 Å². The standard InChI is InChI=1S/C20H16N4O/c1-2-17-11-21-6-3-15(17)9-16(1)19-13-22-20-10-18(12-23-24(19)20)14-4-7-25-8-5-14/h1-4,6,9-13H,5,7-8H2. The van der Waals surface area contributed by atoms with Gasteiger partial charge in [-0.25, -0.2) is 9.50 Å². The average Bonchev–Trinajstić information content (AvgIpc) is 3.11. The number of hydrogen-bond acceptors (Lipinski definition) is 4. The van der Waals surface area contributed by atoms with Crippen LogP contribution in [0, 0.1) is 0 Å². The Morgan fingerprint density at radius 2 is 1.96 bits per heavy atom. The van der Waals surface area contributed by atoms with Gasteiger partial charge >= 0.3 is 0 Å². The fourth-order valence-electron chi connectivity index (χ4n) is 3.28. The smallest absolute Gasteiger partial charge is 0.154 e. The van der Waals surface area contributed by atoms with E-state index in [4.69, 9.17) is 4.74 Å². The summed E-state index contributed by atoms with van der Waals surface area (Å²) in [7, 11) is 0. The van der Waals surface area contributed by atoms with Gasteiger partial charge in [-0.3, -0.25) is 4.98 Å². The number of benzene rings is 1. The predicted octanol–water partition coefficient (Wildman–Crippen LogP) is 3.75. The zero-order valence-corrected chi connectivity index (χ0v) is 13.6. The summed E-state index contributed by atoms with van der Waals surface area (Å²) in [6, 6.07) is 10.4. The lowest BCUT2D eigenvalue weighted by Gasteiger charge is -2.13. The van der Waals surface area contributed by atoms with E-state index >= 15 is 0 Å². The molecule has 1 aliphatic heterocycles. The van der Waals surface area contributed by atoms with E-state index in [0.717, 1.165) is 46.3 Å². The van der Waals surface area contributed by atoms with Crippen LogP contribution in [0.2, 0.25) is 0 Å². The number of aromatic nitrogens is 4. The van der Waals surface area contributed by atoms with Crippen molar-refractivity contribution in [1.29, 1.82) is 0 Å². The quantitative estimate of drug-likeness (QED) is 0.562. The first kappa shape index (κ1) is 14.3. The minimum atomic E-state index is 0.673. The predicted molar refractivity (Wildman–Crippen MR) is 97.1 cm³/mol. The average molecular weight is 328 g/mol. The van der Waals surface area contributed by atoms with Crippen LogP contribution in [-0.2, 0) is 4.74 Å². The van der Waals surface area contributed by atoms with Crippen LogP contribution >= 0.6 is 0 Å². The summed E-state index contributed by atoms with van der Waals surface area (Å²) in [5.74, 6) is 0. The fraction of sp³-hybridized carbons (Fsp3) is 0.150. The molecule has 1 aromatic carbocycles. The van der Waals surface area contributed by atoms with E-state index in [2.05, 4.69) is 45.4 Å². The normalized spacial score (nSPS) is 14.8. The molecule has 25 heavy (non-hydrogen) atoms. The Kier molecular flexibility index (Phi) is 3.31. The van der Waals surface area contributed by atoms with Gasteiger partial charge in [-0.05, 0) is 35.6 Å². The molecule has 0 saturated heterocycles. The zero-order chi connectivity index (χ0) is 16.6. The highest BCUT2D eigenvalue weighted by Crippen LogP contribution is 2.26. The van der Waals surface area contributed by atoms with Gasteiger partial charge in [0.25, 0.3) is 0 Å². The SMILES string of the molecule is C1=C(c2cnn3c(-c4ccc5cnccc5c4)cnc3c2)CCOC1. The van der Waals surface area contributed by atoms with Crippen LogP contribution in [0.1, 0.15) is 12.0 Å². The number of fused-ring (bicyclic) bond motifs is 2. The van der Waals surface area contributed by atoms with Crippen LogP contribution < -0.4 is 0 Å². The third-order valence-electron chi connectivity index (χ3n) is 4.63. The van der Waals surface area contributed by atoms with Crippen molar-refractivity contribution < 1.29 is 4.74 Å². The summed E-state index contributed by atoms with van der Waals surface area (Å²) in [4.78, 5) is 8.73. The molecule has 3 aromatic heterocycles. The van der Waals surface area contributed by atoms with Gasteiger partial charge in [-0.2, -0.15) is 5.10 Å². The maximum atomic E-state index is 5.38. The number of hydrogen-bond donors (Lipinski definition) is 0. The van der Waals surface area contributed by atoms with Gasteiger partial charge in [-0.15, -0.1) is 0 Å². The molecule has 5 heteroatoms. The highest BCUT2D eigenvalue weighted by molar-refractivity contribution is 5.86. The summed E-state index contributed by atoms with van der Waals surface area (Å²) in [5, 5.41) is 6.92. The molecule has 122 valence electrons.